The van der Waals surface area contributed by atoms with E-state index in [-0.39, 0.29) is 24.7 Å². The number of halogens is 1. The molecule has 0 unspecified atom stereocenters. The van der Waals surface area contributed by atoms with Crippen molar-refractivity contribution >= 4 is 40.1 Å². The van der Waals surface area contributed by atoms with E-state index in [1.165, 1.54) is 6.07 Å². The molecule has 1 aliphatic rings. The second-order valence-electron chi connectivity index (χ2n) is 9.71. The Hall–Kier alpha value is -4.49. The number of aryl methyl sites for hydroxylation is 2. The highest BCUT2D eigenvalue weighted by Gasteiger charge is 2.26. The van der Waals surface area contributed by atoms with E-state index in [2.05, 4.69) is 28.3 Å². The van der Waals surface area contributed by atoms with Gasteiger partial charge in [0, 0.05) is 51.6 Å². The van der Waals surface area contributed by atoms with Crippen LogP contribution in [0.2, 0.25) is 5.02 Å². The van der Waals surface area contributed by atoms with Crippen molar-refractivity contribution in [2.75, 3.05) is 0 Å². The first-order valence-corrected chi connectivity index (χ1v) is 12.9. The molecule has 2 aromatic carbocycles. The van der Waals surface area contributed by atoms with Crippen LogP contribution in [0.5, 0.6) is 5.75 Å². The Kier molecular flexibility index (Phi) is 6.16. The molecule has 39 heavy (non-hydrogen) atoms. The fraction of sp³-hybridized carbons (Fsp3) is 0.161. The highest BCUT2D eigenvalue weighted by atomic mass is 35.5. The number of nitrogens with zero attached hydrogens (tertiary/aromatic N) is 4. The van der Waals surface area contributed by atoms with Crippen LogP contribution in [-0.2, 0) is 29.6 Å². The molecule has 0 bridgehead atoms. The van der Waals surface area contributed by atoms with Gasteiger partial charge in [0.15, 0.2) is 0 Å². The molecule has 8 heteroatoms. The average molecular weight is 537 g/mol. The summed E-state index contributed by atoms with van der Waals surface area (Å²) in [6, 6.07) is 15.2. The quantitative estimate of drug-likeness (QED) is 0.263. The van der Waals surface area contributed by atoms with E-state index in [0.29, 0.717) is 16.3 Å². The number of esters is 1. The number of carbonyl (C=O) groups excluding carboxylic acids is 1. The molecule has 5 aromatic rings. The van der Waals surface area contributed by atoms with Gasteiger partial charge in [-0.15, -0.1) is 0 Å². The molecule has 7 nitrogen and oxygen atoms in total. The number of aromatic nitrogens is 4. The zero-order valence-electron chi connectivity index (χ0n) is 21.7. The third-order valence-electron chi connectivity index (χ3n) is 7.15. The van der Waals surface area contributed by atoms with Crippen LogP contribution in [0.3, 0.4) is 0 Å². The van der Waals surface area contributed by atoms with Crippen molar-refractivity contribution in [1.82, 2.24) is 19.7 Å². The SMILES string of the molecule is C/C(=C\c1c(C)nc2c(c1-c1ccc(Cl)cc1O)CC(=O)OC2)c1ccnc(-c2ccc3c(cnn3C)c2)c1. The molecular formula is C31H25ClN4O3. The normalized spacial score (nSPS) is 13.4. The van der Waals surface area contributed by atoms with Gasteiger partial charge in [-0.2, -0.15) is 5.10 Å². The Labute approximate surface area is 230 Å². The lowest BCUT2D eigenvalue weighted by atomic mass is 9.88. The largest absolute Gasteiger partial charge is 0.507 e. The number of hydrogen-bond acceptors (Lipinski definition) is 6. The fourth-order valence-corrected chi connectivity index (χ4v) is 5.30. The Bertz CT molecular complexity index is 1820. The number of benzene rings is 2. The first kappa shape index (κ1) is 24.8. The summed E-state index contributed by atoms with van der Waals surface area (Å²) in [4.78, 5) is 21.7. The van der Waals surface area contributed by atoms with Gasteiger partial charge < -0.3 is 9.84 Å². The molecule has 194 valence electrons. The third kappa shape index (κ3) is 4.55. The van der Waals surface area contributed by atoms with Gasteiger partial charge in [0.2, 0.25) is 0 Å². The van der Waals surface area contributed by atoms with E-state index >= 15 is 0 Å². The number of phenols is 1. The van der Waals surface area contributed by atoms with Crippen LogP contribution in [-0.4, -0.2) is 30.8 Å². The van der Waals surface area contributed by atoms with Gasteiger partial charge in [-0.1, -0.05) is 17.7 Å². The van der Waals surface area contributed by atoms with Crippen LogP contribution >= 0.6 is 11.6 Å². The van der Waals surface area contributed by atoms with Gasteiger partial charge in [0.25, 0.3) is 0 Å². The lowest BCUT2D eigenvalue weighted by Crippen LogP contribution is -2.20. The second-order valence-corrected chi connectivity index (χ2v) is 10.1. The number of phenolic OH excluding ortho intramolecular Hbond substituents is 1. The molecule has 0 atom stereocenters. The monoisotopic (exact) mass is 536 g/mol. The molecular weight excluding hydrogens is 512 g/mol. The molecule has 0 spiro atoms. The predicted molar refractivity (Wildman–Crippen MR) is 152 cm³/mol. The van der Waals surface area contributed by atoms with Crippen LogP contribution < -0.4 is 0 Å². The third-order valence-corrected chi connectivity index (χ3v) is 7.39. The maximum atomic E-state index is 12.3. The molecule has 0 aliphatic carbocycles. The van der Waals surface area contributed by atoms with Gasteiger partial charge in [-0.3, -0.25) is 19.4 Å². The van der Waals surface area contributed by atoms with Crippen LogP contribution in [0.1, 0.15) is 35.0 Å². The predicted octanol–water partition coefficient (Wildman–Crippen LogP) is 6.52. The fourth-order valence-electron chi connectivity index (χ4n) is 5.13. The second kappa shape index (κ2) is 9.67. The van der Waals surface area contributed by atoms with Crippen molar-refractivity contribution in [1.29, 1.82) is 0 Å². The zero-order valence-corrected chi connectivity index (χ0v) is 22.5. The molecule has 1 aliphatic heterocycles. The van der Waals surface area contributed by atoms with E-state index in [1.54, 1.807) is 18.3 Å². The number of ether oxygens (including phenoxy) is 1. The zero-order chi connectivity index (χ0) is 27.3. The number of pyridine rings is 2. The van der Waals surface area contributed by atoms with Gasteiger partial charge in [0.05, 0.1) is 29.5 Å². The number of fused-ring (bicyclic) bond motifs is 2. The highest BCUT2D eigenvalue weighted by Crippen LogP contribution is 2.41. The van der Waals surface area contributed by atoms with E-state index in [0.717, 1.165) is 55.7 Å². The van der Waals surface area contributed by atoms with Gasteiger partial charge in [-0.05, 0) is 79.1 Å². The molecule has 0 amide bonds. The van der Waals surface area contributed by atoms with Crippen LogP contribution in [0, 0.1) is 6.92 Å². The summed E-state index contributed by atoms with van der Waals surface area (Å²) in [6.45, 7) is 4.06. The van der Waals surface area contributed by atoms with Gasteiger partial charge in [0.1, 0.15) is 12.4 Å². The standard InChI is InChI=1S/C31H25ClN4O3/c1-17(19-8-9-33-26(12-19)20-4-7-28-21(11-20)15-34-36(28)3)10-24-18(2)35-27-16-39-30(38)14-25(27)31(24)23-6-5-22(32)13-29(23)37/h4-13,15,37H,14,16H2,1-3H3/b17-10+. The molecule has 0 radical (unpaired) electrons. The summed E-state index contributed by atoms with van der Waals surface area (Å²) in [6.07, 6.45) is 5.78. The molecule has 0 saturated heterocycles. The Balaban J connectivity index is 1.48. The highest BCUT2D eigenvalue weighted by molar-refractivity contribution is 6.30. The van der Waals surface area contributed by atoms with Crippen LogP contribution in [0.25, 0.3) is 44.9 Å². The number of aromatic hydroxyl groups is 1. The van der Waals surface area contributed by atoms with Gasteiger partial charge in [-0.25, -0.2) is 0 Å². The topological polar surface area (TPSA) is 90.1 Å². The Morgan fingerprint density at radius 2 is 2.00 bits per heavy atom. The molecule has 4 heterocycles. The average Bonchev–Trinajstić information content (AvgIpc) is 3.30. The molecule has 1 N–H and O–H groups in total. The number of hydrogen-bond donors (Lipinski definition) is 1. The molecule has 3 aromatic heterocycles. The maximum Gasteiger partial charge on any atom is 0.310 e. The minimum Gasteiger partial charge on any atom is -0.507 e. The summed E-state index contributed by atoms with van der Waals surface area (Å²) in [5.41, 5.74) is 9.30. The van der Waals surface area contributed by atoms with Crippen LogP contribution in [0.15, 0.2) is 60.9 Å². The minimum absolute atomic E-state index is 0.0403. The summed E-state index contributed by atoms with van der Waals surface area (Å²) in [7, 11) is 1.92. The van der Waals surface area contributed by atoms with E-state index in [9.17, 15) is 9.90 Å². The first-order chi connectivity index (χ1) is 18.8. The summed E-state index contributed by atoms with van der Waals surface area (Å²) < 4.78 is 7.11. The lowest BCUT2D eigenvalue weighted by molar-refractivity contribution is -0.145. The van der Waals surface area contributed by atoms with Crippen molar-refractivity contribution in [2.24, 2.45) is 7.05 Å². The number of cyclic esters (lactones) is 1. The maximum absolute atomic E-state index is 12.3. The Morgan fingerprint density at radius 3 is 2.82 bits per heavy atom. The van der Waals surface area contributed by atoms with Crippen molar-refractivity contribution < 1.29 is 14.6 Å². The molecule has 0 fully saturated rings. The van der Waals surface area contributed by atoms with Crippen LogP contribution in [0.4, 0.5) is 0 Å². The first-order valence-electron chi connectivity index (χ1n) is 12.5. The van der Waals surface area contributed by atoms with Gasteiger partial charge >= 0.3 is 5.97 Å². The number of rotatable bonds is 4. The number of allylic oxidation sites excluding steroid dienone is 1. The Morgan fingerprint density at radius 1 is 1.15 bits per heavy atom. The lowest BCUT2D eigenvalue weighted by Gasteiger charge is -2.23. The molecule has 6 rings (SSSR count). The van der Waals surface area contributed by atoms with Crippen molar-refractivity contribution in [2.45, 2.75) is 26.9 Å². The van der Waals surface area contributed by atoms with Crippen molar-refractivity contribution in [3.8, 4) is 28.1 Å². The van der Waals surface area contributed by atoms with Crippen molar-refractivity contribution in [3.63, 3.8) is 0 Å². The van der Waals surface area contributed by atoms with E-state index in [1.807, 2.05) is 50.0 Å². The number of carbonyl (C=O) groups is 1. The summed E-state index contributed by atoms with van der Waals surface area (Å²) in [5, 5.41) is 16.7. The summed E-state index contributed by atoms with van der Waals surface area (Å²) >= 11 is 6.14. The van der Waals surface area contributed by atoms with Crippen molar-refractivity contribution in [3.05, 3.63) is 94.0 Å². The van der Waals surface area contributed by atoms with E-state index < -0.39 is 0 Å². The molecule has 0 saturated carbocycles. The smallest absolute Gasteiger partial charge is 0.310 e. The minimum atomic E-state index is -0.320. The van der Waals surface area contributed by atoms with E-state index in [4.69, 9.17) is 21.3 Å². The summed E-state index contributed by atoms with van der Waals surface area (Å²) in [5.74, 6) is -0.280.